The van der Waals surface area contributed by atoms with Gasteiger partial charge in [-0.15, -0.1) is 10.2 Å². The Hall–Kier alpha value is -1.68. The summed E-state index contributed by atoms with van der Waals surface area (Å²) in [7, 11) is 0. The fourth-order valence-corrected chi connectivity index (χ4v) is 1.66. The molecule has 0 saturated carbocycles. The fraction of sp³-hybridized carbons (Fsp3) is 0.467. The van der Waals surface area contributed by atoms with Gasteiger partial charge >= 0.3 is 0 Å². The lowest BCUT2D eigenvalue weighted by atomic mass is 9.90. The SMILES string of the molecule is CCC(C)(C)CNCc1nnc(-c2ccccc2)o1. The molecule has 0 unspecified atom stereocenters. The summed E-state index contributed by atoms with van der Waals surface area (Å²) >= 11 is 0. The molecule has 1 aromatic carbocycles. The van der Waals surface area contributed by atoms with Crippen LogP contribution in [0.2, 0.25) is 0 Å². The molecule has 0 aliphatic rings. The number of hydrogen-bond donors (Lipinski definition) is 1. The Morgan fingerprint density at radius 2 is 1.89 bits per heavy atom. The van der Waals surface area contributed by atoms with Gasteiger partial charge in [-0.25, -0.2) is 0 Å². The Bertz CT molecular complexity index is 505. The van der Waals surface area contributed by atoms with Crippen LogP contribution in [0.1, 0.15) is 33.1 Å². The lowest BCUT2D eigenvalue weighted by molar-refractivity contribution is 0.319. The van der Waals surface area contributed by atoms with E-state index in [2.05, 4.69) is 36.3 Å². The largest absolute Gasteiger partial charge is 0.419 e. The number of hydrogen-bond acceptors (Lipinski definition) is 4. The second-order valence-electron chi connectivity index (χ2n) is 5.49. The zero-order chi connectivity index (χ0) is 13.7. The van der Waals surface area contributed by atoms with Gasteiger partial charge < -0.3 is 9.73 Å². The van der Waals surface area contributed by atoms with E-state index < -0.39 is 0 Å². The molecule has 4 heteroatoms. The Kier molecular flexibility index (Phi) is 4.32. The molecule has 4 nitrogen and oxygen atoms in total. The van der Waals surface area contributed by atoms with E-state index in [-0.39, 0.29) is 0 Å². The fourth-order valence-electron chi connectivity index (χ4n) is 1.66. The summed E-state index contributed by atoms with van der Waals surface area (Å²) in [5.74, 6) is 1.21. The first kappa shape index (κ1) is 13.7. The average Bonchev–Trinajstić information content (AvgIpc) is 2.88. The van der Waals surface area contributed by atoms with E-state index in [1.807, 2.05) is 30.3 Å². The molecule has 102 valence electrons. The van der Waals surface area contributed by atoms with E-state index in [9.17, 15) is 0 Å². The van der Waals surface area contributed by atoms with Crippen molar-refractivity contribution < 1.29 is 4.42 Å². The zero-order valence-electron chi connectivity index (χ0n) is 11.8. The molecule has 1 N–H and O–H groups in total. The minimum absolute atomic E-state index is 0.294. The van der Waals surface area contributed by atoms with Gasteiger partial charge in [-0.3, -0.25) is 0 Å². The van der Waals surface area contributed by atoms with Crippen molar-refractivity contribution in [3.8, 4) is 11.5 Å². The maximum atomic E-state index is 5.63. The molecule has 0 fully saturated rings. The summed E-state index contributed by atoms with van der Waals surface area (Å²) in [6.45, 7) is 8.23. The first-order chi connectivity index (χ1) is 9.11. The standard InChI is InChI=1S/C15H21N3O/c1-4-15(2,3)11-16-10-13-17-18-14(19-13)12-8-6-5-7-9-12/h5-9,16H,4,10-11H2,1-3H3. The average molecular weight is 259 g/mol. The molecule has 0 spiro atoms. The van der Waals surface area contributed by atoms with Gasteiger partial charge in [-0.2, -0.15) is 0 Å². The lowest BCUT2D eigenvalue weighted by Crippen LogP contribution is -2.28. The molecule has 0 bridgehead atoms. The van der Waals surface area contributed by atoms with Crippen molar-refractivity contribution in [2.24, 2.45) is 5.41 Å². The molecule has 2 aromatic rings. The summed E-state index contributed by atoms with van der Waals surface area (Å²) < 4.78 is 5.63. The van der Waals surface area contributed by atoms with Crippen LogP contribution in [0.25, 0.3) is 11.5 Å². The van der Waals surface area contributed by atoms with Crippen LogP contribution < -0.4 is 5.32 Å². The van der Waals surface area contributed by atoms with Crippen LogP contribution in [-0.2, 0) is 6.54 Å². The number of rotatable bonds is 6. The number of nitrogens with zero attached hydrogens (tertiary/aromatic N) is 2. The maximum Gasteiger partial charge on any atom is 0.247 e. The highest BCUT2D eigenvalue weighted by atomic mass is 16.4. The monoisotopic (exact) mass is 259 g/mol. The molecule has 19 heavy (non-hydrogen) atoms. The molecular weight excluding hydrogens is 238 g/mol. The normalized spacial score (nSPS) is 11.7. The van der Waals surface area contributed by atoms with Gasteiger partial charge in [0.2, 0.25) is 11.8 Å². The molecule has 1 heterocycles. The molecule has 2 rings (SSSR count). The number of nitrogens with one attached hydrogen (secondary N) is 1. The predicted molar refractivity (Wildman–Crippen MR) is 75.5 cm³/mol. The Morgan fingerprint density at radius 1 is 1.16 bits per heavy atom. The van der Waals surface area contributed by atoms with Gasteiger partial charge in [-0.05, 0) is 24.0 Å². The molecule has 0 atom stereocenters. The first-order valence-corrected chi connectivity index (χ1v) is 6.69. The summed E-state index contributed by atoms with van der Waals surface area (Å²) in [5, 5.41) is 11.5. The second kappa shape index (κ2) is 5.97. The van der Waals surface area contributed by atoms with E-state index in [0.717, 1.165) is 18.5 Å². The van der Waals surface area contributed by atoms with Crippen molar-refractivity contribution in [2.75, 3.05) is 6.54 Å². The van der Waals surface area contributed by atoms with E-state index in [1.54, 1.807) is 0 Å². The molecule has 0 aliphatic carbocycles. The van der Waals surface area contributed by atoms with Crippen LogP contribution in [0.15, 0.2) is 34.7 Å². The summed E-state index contributed by atoms with van der Waals surface area (Å²) in [4.78, 5) is 0. The molecular formula is C15H21N3O. The summed E-state index contributed by atoms with van der Waals surface area (Å²) in [6, 6.07) is 9.81. The van der Waals surface area contributed by atoms with Crippen LogP contribution in [0.5, 0.6) is 0 Å². The van der Waals surface area contributed by atoms with Crippen LogP contribution in [-0.4, -0.2) is 16.7 Å². The summed E-state index contributed by atoms with van der Waals surface area (Å²) in [5.41, 5.74) is 1.25. The van der Waals surface area contributed by atoms with Crippen LogP contribution in [0.3, 0.4) is 0 Å². The topological polar surface area (TPSA) is 51.0 Å². The van der Waals surface area contributed by atoms with E-state index in [4.69, 9.17) is 4.42 Å². The van der Waals surface area contributed by atoms with E-state index in [1.165, 1.54) is 0 Å². The smallest absolute Gasteiger partial charge is 0.247 e. The van der Waals surface area contributed by atoms with Crippen molar-refractivity contribution in [1.29, 1.82) is 0 Å². The highest BCUT2D eigenvalue weighted by molar-refractivity contribution is 5.51. The van der Waals surface area contributed by atoms with Gasteiger partial charge in [0.15, 0.2) is 0 Å². The zero-order valence-corrected chi connectivity index (χ0v) is 11.8. The van der Waals surface area contributed by atoms with Crippen molar-refractivity contribution >= 4 is 0 Å². The lowest BCUT2D eigenvalue weighted by Gasteiger charge is -2.22. The minimum atomic E-state index is 0.294. The Balaban J connectivity index is 1.92. The van der Waals surface area contributed by atoms with Crippen molar-refractivity contribution in [2.45, 2.75) is 33.7 Å². The Morgan fingerprint density at radius 3 is 2.58 bits per heavy atom. The minimum Gasteiger partial charge on any atom is -0.419 e. The number of aromatic nitrogens is 2. The van der Waals surface area contributed by atoms with Gasteiger partial charge in [0.1, 0.15) is 0 Å². The highest BCUT2D eigenvalue weighted by Gasteiger charge is 2.15. The second-order valence-corrected chi connectivity index (χ2v) is 5.49. The highest BCUT2D eigenvalue weighted by Crippen LogP contribution is 2.19. The van der Waals surface area contributed by atoms with Gasteiger partial charge in [0.25, 0.3) is 0 Å². The third kappa shape index (κ3) is 3.89. The van der Waals surface area contributed by atoms with Crippen LogP contribution in [0.4, 0.5) is 0 Å². The molecule has 0 amide bonds. The molecule has 0 radical (unpaired) electrons. The van der Waals surface area contributed by atoms with Crippen LogP contribution >= 0.6 is 0 Å². The maximum absolute atomic E-state index is 5.63. The van der Waals surface area contributed by atoms with Crippen molar-refractivity contribution in [1.82, 2.24) is 15.5 Å². The van der Waals surface area contributed by atoms with Gasteiger partial charge in [0.05, 0.1) is 6.54 Å². The van der Waals surface area contributed by atoms with Crippen molar-refractivity contribution in [3.63, 3.8) is 0 Å². The first-order valence-electron chi connectivity index (χ1n) is 6.69. The summed E-state index contributed by atoms with van der Waals surface area (Å²) in [6.07, 6.45) is 1.14. The number of benzene rings is 1. The Labute approximate surface area is 114 Å². The third-order valence-electron chi connectivity index (χ3n) is 3.32. The van der Waals surface area contributed by atoms with Crippen molar-refractivity contribution in [3.05, 3.63) is 36.2 Å². The molecule has 0 aliphatic heterocycles. The predicted octanol–water partition coefficient (Wildman–Crippen LogP) is 3.26. The van der Waals surface area contributed by atoms with Crippen LogP contribution in [0, 0.1) is 5.41 Å². The quantitative estimate of drug-likeness (QED) is 0.865. The van der Waals surface area contributed by atoms with Gasteiger partial charge in [-0.1, -0.05) is 39.0 Å². The van der Waals surface area contributed by atoms with E-state index in [0.29, 0.717) is 23.7 Å². The molecule has 0 saturated heterocycles. The van der Waals surface area contributed by atoms with Gasteiger partial charge in [0, 0.05) is 12.1 Å². The third-order valence-corrected chi connectivity index (χ3v) is 3.32. The molecule has 1 aromatic heterocycles. The van der Waals surface area contributed by atoms with E-state index >= 15 is 0 Å².